The first-order valence-corrected chi connectivity index (χ1v) is 7.43. The number of hydrogen-bond acceptors (Lipinski definition) is 3. The topological polar surface area (TPSA) is 49.3 Å². The van der Waals surface area contributed by atoms with Crippen molar-refractivity contribution in [3.05, 3.63) is 28.8 Å². The summed E-state index contributed by atoms with van der Waals surface area (Å²) in [7, 11) is 0. The van der Waals surface area contributed by atoms with E-state index in [2.05, 4.69) is 5.32 Å². The Bertz CT molecular complexity index is 458. The molecule has 1 aliphatic rings. The molecule has 1 fully saturated rings. The van der Waals surface area contributed by atoms with Gasteiger partial charge in [0.25, 0.3) is 5.91 Å². The summed E-state index contributed by atoms with van der Waals surface area (Å²) in [5, 5.41) is 13.7. The van der Waals surface area contributed by atoms with Gasteiger partial charge in [-0.25, -0.2) is 0 Å². The summed E-state index contributed by atoms with van der Waals surface area (Å²) in [4.78, 5) is 12.1. The molecule has 1 aromatic carbocycles. The number of rotatable bonds is 2. The number of carbonyl (C=O) groups excluding carboxylic acids is 1. The van der Waals surface area contributed by atoms with Crippen LogP contribution in [0.4, 0.5) is 5.69 Å². The van der Waals surface area contributed by atoms with Crippen LogP contribution in [-0.4, -0.2) is 28.1 Å². The van der Waals surface area contributed by atoms with Crippen molar-refractivity contribution in [3.8, 4) is 0 Å². The lowest BCUT2D eigenvalue weighted by Gasteiger charge is -2.30. The molecule has 3 nitrogen and oxygen atoms in total. The van der Waals surface area contributed by atoms with E-state index in [1.807, 2.05) is 6.92 Å². The molecule has 1 amide bonds. The summed E-state index contributed by atoms with van der Waals surface area (Å²) in [6.45, 7) is 1.85. The van der Waals surface area contributed by atoms with E-state index < -0.39 is 5.60 Å². The molecule has 98 valence electrons. The molecule has 2 rings (SSSR count). The predicted octanol–water partition coefficient (Wildman–Crippen LogP) is 2.85. The quantitative estimate of drug-likeness (QED) is 0.878. The Morgan fingerprint density at radius 3 is 2.78 bits per heavy atom. The molecule has 0 unspecified atom stereocenters. The van der Waals surface area contributed by atoms with Gasteiger partial charge in [0.05, 0.1) is 0 Å². The smallest absolute Gasteiger partial charge is 0.256 e. The summed E-state index contributed by atoms with van der Waals surface area (Å²) >= 11 is 7.77. The van der Waals surface area contributed by atoms with Crippen LogP contribution in [0.25, 0.3) is 0 Å². The summed E-state index contributed by atoms with van der Waals surface area (Å²) in [5.74, 6) is 1.31. The van der Waals surface area contributed by atoms with E-state index in [-0.39, 0.29) is 5.91 Å². The predicted molar refractivity (Wildman–Crippen MR) is 76.3 cm³/mol. The van der Waals surface area contributed by atoms with Gasteiger partial charge in [0, 0.05) is 10.7 Å². The van der Waals surface area contributed by atoms with E-state index in [4.69, 9.17) is 11.6 Å². The Kier molecular flexibility index (Phi) is 4.20. The fraction of sp³-hybridized carbons (Fsp3) is 0.462. The summed E-state index contributed by atoms with van der Waals surface area (Å²) < 4.78 is 0. The molecule has 0 spiro atoms. The van der Waals surface area contributed by atoms with E-state index in [9.17, 15) is 9.90 Å². The molecule has 0 radical (unpaired) electrons. The van der Waals surface area contributed by atoms with Crippen LogP contribution in [0.3, 0.4) is 0 Å². The molecular weight excluding hydrogens is 270 g/mol. The van der Waals surface area contributed by atoms with Crippen molar-refractivity contribution >= 4 is 35.0 Å². The lowest BCUT2D eigenvalue weighted by molar-refractivity contribution is -0.134. The molecule has 1 heterocycles. The number of amides is 1. The van der Waals surface area contributed by atoms with Crippen molar-refractivity contribution in [1.29, 1.82) is 0 Å². The van der Waals surface area contributed by atoms with Crippen molar-refractivity contribution in [2.75, 3.05) is 16.8 Å². The van der Waals surface area contributed by atoms with Gasteiger partial charge < -0.3 is 10.4 Å². The van der Waals surface area contributed by atoms with E-state index in [0.717, 1.165) is 17.1 Å². The second-order valence-corrected chi connectivity index (χ2v) is 6.14. The summed E-state index contributed by atoms with van der Waals surface area (Å²) in [6, 6.07) is 5.35. The molecule has 0 saturated carbocycles. The lowest BCUT2D eigenvalue weighted by Crippen LogP contribution is -2.45. The molecule has 5 heteroatoms. The Morgan fingerprint density at radius 1 is 1.44 bits per heavy atom. The number of halogens is 1. The highest BCUT2D eigenvalue weighted by Crippen LogP contribution is 2.29. The molecule has 0 atom stereocenters. The molecule has 0 aromatic heterocycles. The maximum Gasteiger partial charge on any atom is 0.256 e. The second-order valence-electron chi connectivity index (χ2n) is 4.51. The first-order valence-electron chi connectivity index (χ1n) is 5.90. The van der Waals surface area contributed by atoms with E-state index in [1.54, 1.807) is 30.0 Å². The highest BCUT2D eigenvalue weighted by Gasteiger charge is 2.37. The molecule has 18 heavy (non-hydrogen) atoms. The summed E-state index contributed by atoms with van der Waals surface area (Å²) in [6.07, 6.45) is 1.01. The van der Waals surface area contributed by atoms with Gasteiger partial charge in [-0.05, 0) is 49.0 Å². The van der Waals surface area contributed by atoms with Crippen LogP contribution in [0.1, 0.15) is 18.4 Å². The monoisotopic (exact) mass is 285 g/mol. The van der Waals surface area contributed by atoms with Gasteiger partial charge in [0.2, 0.25) is 0 Å². The zero-order valence-electron chi connectivity index (χ0n) is 10.2. The van der Waals surface area contributed by atoms with Gasteiger partial charge >= 0.3 is 0 Å². The zero-order valence-corrected chi connectivity index (χ0v) is 11.8. The van der Waals surface area contributed by atoms with Crippen molar-refractivity contribution < 1.29 is 9.90 Å². The number of thioether (sulfide) groups is 1. The van der Waals surface area contributed by atoms with Crippen molar-refractivity contribution in [2.24, 2.45) is 0 Å². The third-order valence-electron chi connectivity index (χ3n) is 3.26. The average molecular weight is 286 g/mol. The minimum absolute atomic E-state index is 0.326. The maximum absolute atomic E-state index is 12.1. The van der Waals surface area contributed by atoms with Gasteiger partial charge in [-0.2, -0.15) is 11.8 Å². The normalized spacial score (nSPS) is 18.4. The third-order valence-corrected chi connectivity index (χ3v) is 4.65. The fourth-order valence-electron chi connectivity index (χ4n) is 1.92. The van der Waals surface area contributed by atoms with Crippen LogP contribution >= 0.6 is 23.4 Å². The number of benzene rings is 1. The largest absolute Gasteiger partial charge is 0.380 e. The number of hydrogen-bond donors (Lipinski definition) is 2. The summed E-state index contributed by atoms with van der Waals surface area (Å²) in [5.41, 5.74) is 0.250. The van der Waals surface area contributed by atoms with Crippen LogP contribution in [0.2, 0.25) is 5.02 Å². The van der Waals surface area contributed by atoms with Crippen LogP contribution < -0.4 is 5.32 Å². The fourth-order valence-corrected chi connectivity index (χ4v) is 3.26. The molecule has 0 aliphatic carbocycles. The molecular formula is C13H16ClNO2S. The molecule has 1 aromatic rings. The lowest BCUT2D eigenvalue weighted by atomic mass is 9.95. The standard InChI is InChI=1S/C13H16ClNO2S/c1-9-10(14)3-2-4-11(9)15-12(16)13(17)5-7-18-8-6-13/h2-4,17H,5-8H2,1H3,(H,15,16). The molecule has 1 saturated heterocycles. The first-order chi connectivity index (χ1) is 8.53. The van der Waals surface area contributed by atoms with Crippen LogP contribution in [-0.2, 0) is 4.79 Å². The average Bonchev–Trinajstić information content (AvgIpc) is 2.36. The second kappa shape index (κ2) is 5.51. The highest BCUT2D eigenvalue weighted by molar-refractivity contribution is 7.99. The third kappa shape index (κ3) is 2.82. The SMILES string of the molecule is Cc1c(Cl)cccc1NC(=O)C1(O)CCSCC1. The minimum Gasteiger partial charge on any atom is -0.380 e. The number of anilines is 1. The van der Waals surface area contributed by atoms with Crippen LogP contribution in [0, 0.1) is 6.92 Å². The zero-order chi connectivity index (χ0) is 13.2. The molecule has 0 bridgehead atoms. The van der Waals surface area contributed by atoms with Gasteiger partial charge in [-0.3, -0.25) is 4.79 Å². The highest BCUT2D eigenvalue weighted by atomic mass is 35.5. The van der Waals surface area contributed by atoms with Crippen LogP contribution in [0.15, 0.2) is 18.2 Å². The van der Waals surface area contributed by atoms with Gasteiger partial charge in [0.1, 0.15) is 5.60 Å². The maximum atomic E-state index is 12.1. The van der Waals surface area contributed by atoms with Gasteiger partial charge in [0.15, 0.2) is 0 Å². The number of nitrogens with one attached hydrogen (secondary N) is 1. The van der Waals surface area contributed by atoms with Gasteiger partial charge in [-0.15, -0.1) is 0 Å². The molecule has 2 N–H and O–H groups in total. The van der Waals surface area contributed by atoms with Crippen molar-refractivity contribution in [2.45, 2.75) is 25.4 Å². The first kappa shape index (κ1) is 13.7. The van der Waals surface area contributed by atoms with Crippen molar-refractivity contribution in [3.63, 3.8) is 0 Å². The number of aliphatic hydroxyl groups is 1. The Morgan fingerprint density at radius 2 is 2.11 bits per heavy atom. The van der Waals surface area contributed by atoms with Crippen LogP contribution in [0.5, 0.6) is 0 Å². The minimum atomic E-state index is -1.24. The van der Waals surface area contributed by atoms with Gasteiger partial charge in [-0.1, -0.05) is 17.7 Å². The van der Waals surface area contributed by atoms with Crippen molar-refractivity contribution in [1.82, 2.24) is 0 Å². The molecule has 1 aliphatic heterocycles. The Labute approximate surface area is 116 Å². The van der Waals surface area contributed by atoms with E-state index in [0.29, 0.717) is 23.6 Å². The Balaban J connectivity index is 2.13. The number of carbonyl (C=O) groups is 1. The van der Waals surface area contributed by atoms with E-state index >= 15 is 0 Å². The Hall–Kier alpha value is -0.710. The van der Waals surface area contributed by atoms with E-state index in [1.165, 1.54) is 0 Å².